The van der Waals surface area contributed by atoms with Crippen molar-refractivity contribution < 1.29 is 14.3 Å². The zero-order valence-corrected chi connectivity index (χ0v) is 11.2. The molecule has 0 fully saturated rings. The number of rotatable bonds is 2. The monoisotopic (exact) mass is 329 g/mol. The van der Waals surface area contributed by atoms with Gasteiger partial charge in [0.25, 0.3) is 0 Å². The van der Waals surface area contributed by atoms with E-state index in [-0.39, 0.29) is 21.7 Å². The molecule has 0 radical (unpaired) electrons. The van der Waals surface area contributed by atoms with Crippen molar-refractivity contribution in [2.24, 2.45) is 0 Å². The van der Waals surface area contributed by atoms with Gasteiger partial charge >= 0.3 is 5.97 Å². The molecule has 1 aromatic heterocycles. The molecule has 1 heterocycles. The SMILES string of the molecule is O=C(O)c1ccncc1-c1ccc(Br)c(Cl)c1F. The summed E-state index contributed by atoms with van der Waals surface area (Å²) < 4.78 is 14.4. The maximum Gasteiger partial charge on any atom is 0.336 e. The maximum atomic E-state index is 14.0. The second kappa shape index (κ2) is 5.04. The zero-order valence-electron chi connectivity index (χ0n) is 8.82. The quantitative estimate of drug-likeness (QED) is 0.847. The highest BCUT2D eigenvalue weighted by molar-refractivity contribution is 9.10. The fourth-order valence-electron chi connectivity index (χ4n) is 1.53. The van der Waals surface area contributed by atoms with Gasteiger partial charge in [0, 0.05) is 28.0 Å². The van der Waals surface area contributed by atoms with Crippen molar-refractivity contribution in [3.8, 4) is 11.1 Å². The van der Waals surface area contributed by atoms with Crippen LogP contribution in [0.5, 0.6) is 0 Å². The summed E-state index contributed by atoms with van der Waals surface area (Å²) in [5.74, 6) is -1.83. The lowest BCUT2D eigenvalue weighted by molar-refractivity contribution is 0.0697. The predicted octanol–water partition coefficient (Wildman–Crippen LogP) is 4.00. The fourth-order valence-corrected chi connectivity index (χ4v) is 2.00. The number of benzene rings is 1. The summed E-state index contributed by atoms with van der Waals surface area (Å²) in [6.07, 6.45) is 2.64. The van der Waals surface area contributed by atoms with Crippen molar-refractivity contribution in [1.29, 1.82) is 0 Å². The van der Waals surface area contributed by atoms with Gasteiger partial charge in [-0.1, -0.05) is 17.7 Å². The Bertz CT molecular complexity index is 633. The molecule has 92 valence electrons. The van der Waals surface area contributed by atoms with Crippen LogP contribution in [0.3, 0.4) is 0 Å². The highest BCUT2D eigenvalue weighted by Crippen LogP contribution is 2.34. The van der Waals surface area contributed by atoms with Crippen LogP contribution >= 0.6 is 27.5 Å². The van der Waals surface area contributed by atoms with Crippen LogP contribution in [-0.2, 0) is 0 Å². The first-order chi connectivity index (χ1) is 8.52. The van der Waals surface area contributed by atoms with Crippen LogP contribution < -0.4 is 0 Å². The van der Waals surface area contributed by atoms with Gasteiger partial charge in [0.1, 0.15) is 0 Å². The molecule has 2 aromatic rings. The van der Waals surface area contributed by atoms with E-state index in [9.17, 15) is 9.18 Å². The maximum absolute atomic E-state index is 14.0. The molecule has 0 amide bonds. The van der Waals surface area contributed by atoms with Gasteiger partial charge < -0.3 is 5.11 Å². The zero-order chi connectivity index (χ0) is 13.3. The third-order valence-electron chi connectivity index (χ3n) is 2.38. The van der Waals surface area contributed by atoms with Gasteiger partial charge in [-0.05, 0) is 28.1 Å². The largest absolute Gasteiger partial charge is 0.478 e. The number of halogens is 3. The molecular weight excluding hydrogens is 324 g/mol. The number of pyridine rings is 1. The first-order valence-corrected chi connectivity index (χ1v) is 6.00. The Morgan fingerprint density at radius 1 is 1.33 bits per heavy atom. The second-order valence-corrected chi connectivity index (χ2v) is 4.68. The van der Waals surface area contributed by atoms with Crippen molar-refractivity contribution in [3.63, 3.8) is 0 Å². The molecule has 0 saturated carbocycles. The summed E-state index contributed by atoms with van der Waals surface area (Å²) >= 11 is 8.87. The van der Waals surface area contributed by atoms with Crippen LogP contribution in [-0.4, -0.2) is 16.1 Å². The van der Waals surface area contributed by atoms with Gasteiger partial charge in [-0.25, -0.2) is 9.18 Å². The van der Waals surface area contributed by atoms with Gasteiger partial charge in [-0.15, -0.1) is 0 Å². The molecular formula is C12H6BrClFNO2. The number of aromatic carboxylic acids is 1. The summed E-state index contributed by atoms with van der Waals surface area (Å²) in [6.45, 7) is 0. The average Bonchev–Trinajstić information content (AvgIpc) is 2.36. The fraction of sp³-hybridized carbons (Fsp3) is 0. The first kappa shape index (κ1) is 13.0. The lowest BCUT2D eigenvalue weighted by atomic mass is 10.0. The summed E-state index contributed by atoms with van der Waals surface area (Å²) in [7, 11) is 0. The number of carboxylic acids is 1. The van der Waals surface area contributed by atoms with E-state index in [1.165, 1.54) is 24.5 Å². The van der Waals surface area contributed by atoms with E-state index in [1.807, 2.05) is 0 Å². The van der Waals surface area contributed by atoms with E-state index < -0.39 is 11.8 Å². The van der Waals surface area contributed by atoms with Gasteiger partial charge in [-0.3, -0.25) is 4.98 Å². The van der Waals surface area contributed by atoms with E-state index >= 15 is 0 Å². The third kappa shape index (κ3) is 2.23. The number of hydrogen-bond donors (Lipinski definition) is 1. The minimum atomic E-state index is -1.15. The molecule has 18 heavy (non-hydrogen) atoms. The van der Waals surface area contributed by atoms with Crippen molar-refractivity contribution in [2.45, 2.75) is 0 Å². The Hall–Kier alpha value is -1.46. The summed E-state index contributed by atoms with van der Waals surface area (Å²) in [5.41, 5.74) is 0.271. The van der Waals surface area contributed by atoms with Crippen molar-refractivity contribution >= 4 is 33.5 Å². The summed E-state index contributed by atoms with van der Waals surface area (Å²) in [4.78, 5) is 14.9. The average molecular weight is 331 g/mol. The highest BCUT2D eigenvalue weighted by Gasteiger charge is 2.17. The molecule has 0 saturated heterocycles. The molecule has 0 aliphatic rings. The van der Waals surface area contributed by atoms with E-state index in [0.29, 0.717) is 4.47 Å². The van der Waals surface area contributed by atoms with E-state index in [4.69, 9.17) is 16.7 Å². The van der Waals surface area contributed by atoms with Crippen LogP contribution in [0, 0.1) is 5.82 Å². The van der Waals surface area contributed by atoms with Crippen LogP contribution in [0.2, 0.25) is 5.02 Å². The predicted molar refractivity (Wildman–Crippen MR) is 69.3 cm³/mol. The van der Waals surface area contributed by atoms with Crippen molar-refractivity contribution in [1.82, 2.24) is 4.98 Å². The number of aromatic nitrogens is 1. The topological polar surface area (TPSA) is 50.2 Å². The molecule has 0 aliphatic heterocycles. The Kier molecular flexibility index (Phi) is 3.63. The number of nitrogens with zero attached hydrogens (tertiary/aromatic N) is 1. The van der Waals surface area contributed by atoms with Crippen molar-refractivity contribution in [2.75, 3.05) is 0 Å². The minimum absolute atomic E-state index is 0.0257. The van der Waals surface area contributed by atoms with Gasteiger partial charge in [0.05, 0.1) is 10.6 Å². The van der Waals surface area contributed by atoms with Gasteiger partial charge in [0.15, 0.2) is 5.82 Å². The lowest BCUT2D eigenvalue weighted by Gasteiger charge is -2.08. The number of carboxylic acid groups (broad SMARTS) is 1. The highest BCUT2D eigenvalue weighted by atomic mass is 79.9. The summed E-state index contributed by atoms with van der Waals surface area (Å²) in [6, 6.07) is 4.32. The molecule has 0 aliphatic carbocycles. The molecule has 2 rings (SSSR count). The van der Waals surface area contributed by atoms with E-state index in [2.05, 4.69) is 20.9 Å². The smallest absolute Gasteiger partial charge is 0.336 e. The normalized spacial score (nSPS) is 10.4. The van der Waals surface area contributed by atoms with Crippen molar-refractivity contribution in [3.05, 3.63) is 51.5 Å². The molecule has 0 bridgehead atoms. The second-order valence-electron chi connectivity index (χ2n) is 3.45. The van der Waals surface area contributed by atoms with Gasteiger partial charge in [-0.2, -0.15) is 0 Å². The van der Waals surface area contributed by atoms with E-state index in [0.717, 1.165) is 0 Å². The first-order valence-electron chi connectivity index (χ1n) is 4.83. The Morgan fingerprint density at radius 2 is 2.06 bits per heavy atom. The standard InChI is InChI=1S/C12H6BrClFNO2/c13-9-2-1-6(11(15)10(9)14)8-5-16-4-3-7(8)12(17)18/h1-5H,(H,17,18). The van der Waals surface area contributed by atoms with Crippen LogP contribution in [0.1, 0.15) is 10.4 Å². The number of hydrogen-bond acceptors (Lipinski definition) is 2. The molecule has 1 N–H and O–H groups in total. The Labute approximate surface area is 115 Å². The Morgan fingerprint density at radius 3 is 2.72 bits per heavy atom. The lowest BCUT2D eigenvalue weighted by Crippen LogP contribution is -2.01. The van der Waals surface area contributed by atoms with E-state index in [1.54, 1.807) is 6.07 Å². The van der Waals surface area contributed by atoms with Crippen LogP contribution in [0.25, 0.3) is 11.1 Å². The Balaban J connectivity index is 2.70. The van der Waals surface area contributed by atoms with Crippen LogP contribution in [0.15, 0.2) is 35.1 Å². The van der Waals surface area contributed by atoms with Gasteiger partial charge in [0.2, 0.25) is 0 Å². The number of carbonyl (C=O) groups is 1. The molecule has 6 heteroatoms. The molecule has 0 spiro atoms. The molecule has 0 atom stereocenters. The van der Waals surface area contributed by atoms with Crippen LogP contribution in [0.4, 0.5) is 4.39 Å². The summed E-state index contributed by atoms with van der Waals surface area (Å²) in [5, 5.41) is 8.96. The minimum Gasteiger partial charge on any atom is -0.478 e. The molecule has 0 unspecified atom stereocenters. The molecule has 3 nitrogen and oxygen atoms in total. The molecule has 1 aromatic carbocycles. The third-order valence-corrected chi connectivity index (χ3v) is 3.64.